The van der Waals surface area contributed by atoms with E-state index >= 15 is 0 Å². The number of halogens is 4. The van der Waals surface area contributed by atoms with Crippen molar-refractivity contribution in [1.29, 1.82) is 0 Å². The van der Waals surface area contributed by atoms with Crippen molar-refractivity contribution in [2.45, 2.75) is 20.8 Å². The molecule has 7 heteroatoms. The van der Waals surface area contributed by atoms with Crippen LogP contribution in [0.25, 0.3) is 22.3 Å². The molecule has 5 rings (SSSR count). The van der Waals surface area contributed by atoms with Crippen molar-refractivity contribution in [3.05, 3.63) is 149 Å². The van der Waals surface area contributed by atoms with Gasteiger partial charge in [0.1, 0.15) is 11.6 Å². The first-order chi connectivity index (χ1) is 19.0. The molecule has 0 bridgehead atoms. The van der Waals surface area contributed by atoms with Crippen LogP contribution in [0, 0.1) is 19.9 Å². The van der Waals surface area contributed by atoms with Gasteiger partial charge in [-0.3, -0.25) is 0 Å². The van der Waals surface area contributed by atoms with E-state index in [1.807, 2.05) is 25.1 Å². The average molecular weight is 787 g/mol. The smallest absolute Gasteiger partial charge is 0.422 e. The van der Waals surface area contributed by atoms with Crippen molar-refractivity contribution in [2.24, 2.45) is 0 Å². The lowest BCUT2D eigenvalue weighted by atomic mass is 9.77. The Labute approximate surface area is 271 Å². The Hall–Kier alpha value is -2.09. The van der Waals surface area contributed by atoms with Gasteiger partial charge in [-0.1, -0.05) is 123 Å². The Morgan fingerprint density at radius 2 is 1.02 bits per heavy atom. The van der Waals surface area contributed by atoms with E-state index in [0.29, 0.717) is 5.47 Å². The van der Waals surface area contributed by atoms with Gasteiger partial charge in [-0.05, 0) is 79.4 Å². The second-order valence-electron chi connectivity index (χ2n) is 9.23. The minimum Gasteiger partial charge on any atom is -0.422 e. The molecule has 0 unspecified atom stereocenters. The molecular weight excluding hydrogens is 759 g/mol. The highest BCUT2D eigenvalue weighted by atomic mass is 79.9. The van der Waals surface area contributed by atoms with E-state index < -0.39 is 7.12 Å². The Kier molecular flexibility index (Phi) is 12.8. The summed E-state index contributed by atoms with van der Waals surface area (Å²) in [6, 6.07) is 29.8. The predicted molar refractivity (Wildman–Crippen MR) is 184 cm³/mol. The molecular formula is C33H28BBr4O2+. The van der Waals surface area contributed by atoms with Gasteiger partial charge in [-0.2, -0.15) is 0 Å². The predicted octanol–water partition coefficient (Wildman–Crippen LogP) is 10.6. The molecule has 0 aliphatic heterocycles. The molecule has 0 amide bonds. The highest BCUT2D eigenvalue weighted by Crippen LogP contribution is 2.31. The van der Waals surface area contributed by atoms with Crippen LogP contribution in [0.15, 0.2) is 132 Å². The van der Waals surface area contributed by atoms with E-state index in [-0.39, 0.29) is 0 Å². The number of rotatable bonds is 3. The zero-order valence-electron chi connectivity index (χ0n) is 22.3. The first-order valence-electron chi connectivity index (χ1n) is 12.4. The lowest BCUT2D eigenvalue weighted by Crippen LogP contribution is -2.14. The highest BCUT2D eigenvalue weighted by Gasteiger charge is 2.19. The van der Waals surface area contributed by atoms with Crippen LogP contribution < -0.4 is 0 Å². The normalized spacial score (nSPS) is 11.6. The summed E-state index contributed by atoms with van der Waals surface area (Å²) in [6.07, 6.45) is 7.88. The molecule has 0 saturated carbocycles. The fourth-order valence-corrected chi connectivity index (χ4v) is 6.76. The SMILES string of the molecule is Brc1cc(Br)cc(Br)c1.CC1=[C+]C=CC(B(O)O)=C1.Cc1cccc(-c2cc(Br)cc(-c3cccc(C)c3)c2)c1. The molecule has 0 spiro atoms. The molecule has 0 aromatic heterocycles. The van der Waals surface area contributed by atoms with Gasteiger partial charge in [0.25, 0.3) is 0 Å². The van der Waals surface area contributed by atoms with Gasteiger partial charge < -0.3 is 10.0 Å². The van der Waals surface area contributed by atoms with Gasteiger partial charge in [0.2, 0.25) is 0 Å². The summed E-state index contributed by atoms with van der Waals surface area (Å²) < 4.78 is 4.33. The molecule has 2 nitrogen and oxygen atoms in total. The lowest BCUT2D eigenvalue weighted by Gasteiger charge is -2.09. The molecule has 0 saturated heterocycles. The summed E-state index contributed by atoms with van der Waals surface area (Å²) in [7, 11) is -1.37. The zero-order chi connectivity index (χ0) is 29.2. The molecule has 202 valence electrons. The summed E-state index contributed by atoms with van der Waals surface area (Å²) in [4.78, 5) is 0. The number of benzene rings is 4. The molecule has 40 heavy (non-hydrogen) atoms. The van der Waals surface area contributed by atoms with Gasteiger partial charge in [-0.25, -0.2) is 0 Å². The lowest BCUT2D eigenvalue weighted by molar-refractivity contribution is 0.420. The third kappa shape index (κ3) is 10.7. The van der Waals surface area contributed by atoms with Crippen LogP contribution in [-0.4, -0.2) is 17.2 Å². The molecule has 4 aromatic rings. The largest absolute Gasteiger partial charge is 0.517 e. The van der Waals surface area contributed by atoms with Crippen molar-refractivity contribution >= 4 is 70.8 Å². The third-order valence-corrected chi connectivity index (χ3v) is 7.53. The third-order valence-electron chi connectivity index (χ3n) is 5.70. The highest BCUT2D eigenvalue weighted by molar-refractivity contribution is 9.11. The zero-order valence-corrected chi connectivity index (χ0v) is 28.6. The Balaban J connectivity index is 0.000000193. The number of allylic oxidation sites excluding steroid dienone is 6. The first kappa shape index (κ1) is 32.4. The van der Waals surface area contributed by atoms with Gasteiger partial charge in [-0.15, -0.1) is 0 Å². The van der Waals surface area contributed by atoms with Gasteiger partial charge >= 0.3 is 7.12 Å². The first-order valence-corrected chi connectivity index (χ1v) is 15.6. The van der Waals surface area contributed by atoms with E-state index in [0.717, 1.165) is 23.5 Å². The van der Waals surface area contributed by atoms with Gasteiger partial charge in [0.05, 0.1) is 11.5 Å². The number of aryl methyl sites for hydroxylation is 2. The van der Waals surface area contributed by atoms with Crippen LogP contribution in [0.4, 0.5) is 0 Å². The summed E-state index contributed by atoms with van der Waals surface area (Å²) in [5, 5.41) is 17.4. The van der Waals surface area contributed by atoms with Crippen LogP contribution >= 0.6 is 63.7 Å². The van der Waals surface area contributed by atoms with E-state index in [1.165, 1.54) is 33.4 Å². The number of hydrogen-bond donors (Lipinski definition) is 2. The fourth-order valence-electron chi connectivity index (χ4n) is 3.86. The van der Waals surface area contributed by atoms with Crippen LogP contribution in [0.1, 0.15) is 18.1 Å². The molecule has 0 heterocycles. The minimum atomic E-state index is -1.37. The molecule has 0 atom stereocenters. The van der Waals surface area contributed by atoms with Gasteiger partial charge in [0.15, 0.2) is 0 Å². The molecule has 0 fully saturated rings. The van der Waals surface area contributed by atoms with E-state index in [2.05, 4.69) is 150 Å². The van der Waals surface area contributed by atoms with Crippen LogP contribution in [0.3, 0.4) is 0 Å². The molecule has 0 radical (unpaired) electrons. The van der Waals surface area contributed by atoms with Crippen molar-refractivity contribution in [1.82, 2.24) is 0 Å². The van der Waals surface area contributed by atoms with Crippen molar-refractivity contribution in [2.75, 3.05) is 0 Å². The summed E-state index contributed by atoms with van der Waals surface area (Å²) in [5.74, 6) is 0. The van der Waals surface area contributed by atoms with Crippen LogP contribution in [0.5, 0.6) is 0 Å². The average Bonchev–Trinajstić information content (AvgIpc) is 2.88. The van der Waals surface area contributed by atoms with Crippen LogP contribution in [0.2, 0.25) is 0 Å². The molecule has 1 aliphatic rings. The van der Waals surface area contributed by atoms with Crippen molar-refractivity contribution < 1.29 is 10.0 Å². The monoisotopic (exact) mass is 783 g/mol. The van der Waals surface area contributed by atoms with Crippen molar-refractivity contribution in [3.8, 4) is 22.3 Å². The van der Waals surface area contributed by atoms with Crippen molar-refractivity contribution in [3.63, 3.8) is 0 Å². The quantitative estimate of drug-likeness (QED) is 0.160. The van der Waals surface area contributed by atoms with E-state index in [9.17, 15) is 0 Å². The Bertz CT molecular complexity index is 1440. The van der Waals surface area contributed by atoms with E-state index in [1.54, 1.807) is 18.2 Å². The second kappa shape index (κ2) is 15.8. The number of hydrogen-bond acceptors (Lipinski definition) is 2. The molecule has 2 N–H and O–H groups in total. The molecule has 1 aliphatic carbocycles. The summed E-state index contributed by atoms with van der Waals surface area (Å²) in [5.41, 5.74) is 8.97. The maximum absolute atomic E-state index is 8.69. The Morgan fingerprint density at radius 3 is 1.40 bits per heavy atom. The maximum Gasteiger partial charge on any atom is 0.517 e. The standard InChI is InChI=1S/C20H17Br.C7H8BO2.C6H3Br3/c1-14-5-3-7-16(9-14)18-11-19(13-20(21)12-18)17-8-4-6-15(2)10-17;1-6-3-2-4-7(5-6)8(9)10;7-4-1-5(8)3-6(9)2-4/h3-13H,1-2H3;2,4-5,9-10H,1H3;1-3H/q;+1;. The Morgan fingerprint density at radius 1 is 0.575 bits per heavy atom. The van der Waals surface area contributed by atoms with Crippen LogP contribution in [-0.2, 0) is 0 Å². The topological polar surface area (TPSA) is 40.5 Å². The van der Waals surface area contributed by atoms with E-state index in [4.69, 9.17) is 10.0 Å². The fraction of sp³-hybridized carbons (Fsp3) is 0.0909. The summed E-state index contributed by atoms with van der Waals surface area (Å²) in [6.45, 7) is 6.11. The second-order valence-corrected chi connectivity index (χ2v) is 12.9. The minimum absolute atomic E-state index is 0.510. The summed E-state index contributed by atoms with van der Waals surface area (Å²) >= 11 is 13.7. The molecule has 4 aromatic carbocycles. The maximum atomic E-state index is 8.69. The van der Waals surface area contributed by atoms with Gasteiger partial charge in [0, 0.05) is 30.0 Å².